The molecule has 0 fully saturated rings. The molecule has 0 bridgehead atoms. The third kappa shape index (κ3) is 3.51. The van der Waals surface area contributed by atoms with E-state index in [4.69, 9.17) is 0 Å². The summed E-state index contributed by atoms with van der Waals surface area (Å²) < 4.78 is 0. The number of nitrogens with zero attached hydrogens (tertiary/aromatic N) is 5. The second-order valence-corrected chi connectivity index (χ2v) is 6.89. The average Bonchev–Trinajstić information content (AvgIpc) is 2.69. The summed E-state index contributed by atoms with van der Waals surface area (Å²) in [6.07, 6.45) is 9.80. The Morgan fingerprint density at radius 2 is 2.00 bits per heavy atom. The Kier molecular flexibility index (Phi) is 4.77. The van der Waals surface area contributed by atoms with Gasteiger partial charge in [-0.25, -0.2) is 15.0 Å². The van der Waals surface area contributed by atoms with E-state index in [-0.39, 0.29) is 5.56 Å². The molecule has 0 aliphatic carbocycles. The smallest absolute Gasteiger partial charge is 0.255 e. The molecule has 0 spiro atoms. The maximum absolute atomic E-state index is 12.6. The van der Waals surface area contributed by atoms with Crippen molar-refractivity contribution in [3.8, 4) is 11.4 Å². The maximum Gasteiger partial charge on any atom is 0.255 e. The molecule has 0 saturated heterocycles. The molecule has 132 valence electrons. The predicted molar refractivity (Wildman–Crippen MR) is 99.7 cm³/mol. The predicted octanol–water partition coefficient (Wildman–Crippen LogP) is 1.90. The standard InChI is InChI=1S/C18H18N6OS/c1-26-18-20-8-12(9-21-18)10-24-7-4-15-14(11-24)17(25)23-16(22-15)13-2-5-19-6-3-13/h2-3,5-6,8-9H,4,7,10-11H2,1H3,(H,22,23,25). The van der Waals surface area contributed by atoms with Crippen LogP contribution in [0.2, 0.25) is 0 Å². The number of fused-ring (bicyclic) bond motifs is 1. The lowest BCUT2D eigenvalue weighted by Gasteiger charge is -2.27. The van der Waals surface area contributed by atoms with Crippen molar-refractivity contribution in [2.75, 3.05) is 12.8 Å². The Bertz CT molecular complexity index is 958. The van der Waals surface area contributed by atoms with Gasteiger partial charge < -0.3 is 4.98 Å². The van der Waals surface area contributed by atoms with Crippen molar-refractivity contribution >= 4 is 11.8 Å². The molecule has 1 aliphatic rings. The van der Waals surface area contributed by atoms with Crippen molar-refractivity contribution < 1.29 is 0 Å². The molecular weight excluding hydrogens is 348 g/mol. The first kappa shape index (κ1) is 16.9. The summed E-state index contributed by atoms with van der Waals surface area (Å²) in [6, 6.07) is 3.69. The van der Waals surface area contributed by atoms with Crippen molar-refractivity contribution in [2.24, 2.45) is 0 Å². The molecular formula is C18H18N6OS. The van der Waals surface area contributed by atoms with Crippen LogP contribution in [-0.2, 0) is 19.5 Å². The van der Waals surface area contributed by atoms with Gasteiger partial charge in [-0.05, 0) is 18.4 Å². The lowest BCUT2D eigenvalue weighted by atomic mass is 10.1. The van der Waals surface area contributed by atoms with Crippen molar-refractivity contribution in [1.82, 2.24) is 29.8 Å². The summed E-state index contributed by atoms with van der Waals surface area (Å²) in [7, 11) is 0. The molecule has 0 unspecified atom stereocenters. The topological polar surface area (TPSA) is 87.7 Å². The van der Waals surface area contributed by atoms with E-state index in [0.29, 0.717) is 12.4 Å². The van der Waals surface area contributed by atoms with Gasteiger partial charge in [-0.2, -0.15) is 0 Å². The second kappa shape index (κ2) is 7.35. The minimum Gasteiger partial charge on any atom is -0.306 e. The minimum absolute atomic E-state index is 0.0690. The van der Waals surface area contributed by atoms with E-state index < -0.39 is 0 Å². The molecule has 26 heavy (non-hydrogen) atoms. The third-order valence-corrected chi connectivity index (χ3v) is 4.95. The molecule has 0 aromatic carbocycles. The molecule has 3 aromatic heterocycles. The molecule has 4 heterocycles. The van der Waals surface area contributed by atoms with Gasteiger partial charge in [0.05, 0.1) is 11.3 Å². The highest BCUT2D eigenvalue weighted by Gasteiger charge is 2.21. The molecule has 0 atom stereocenters. The van der Waals surface area contributed by atoms with Gasteiger partial charge in [0, 0.05) is 62.0 Å². The van der Waals surface area contributed by atoms with Gasteiger partial charge in [0.15, 0.2) is 5.16 Å². The van der Waals surface area contributed by atoms with Crippen LogP contribution in [0, 0.1) is 0 Å². The van der Waals surface area contributed by atoms with Crippen LogP contribution in [0.3, 0.4) is 0 Å². The fraction of sp³-hybridized carbons (Fsp3) is 0.278. The first-order chi connectivity index (χ1) is 12.7. The summed E-state index contributed by atoms with van der Waals surface area (Å²) in [5.41, 5.74) is 3.47. The number of hydrogen-bond acceptors (Lipinski definition) is 7. The molecule has 3 aromatic rings. The Balaban J connectivity index is 1.54. The molecule has 0 radical (unpaired) electrons. The van der Waals surface area contributed by atoms with Crippen LogP contribution >= 0.6 is 11.8 Å². The summed E-state index contributed by atoms with van der Waals surface area (Å²) >= 11 is 1.52. The molecule has 8 heteroatoms. The highest BCUT2D eigenvalue weighted by atomic mass is 32.2. The molecule has 1 N–H and O–H groups in total. The summed E-state index contributed by atoms with van der Waals surface area (Å²) in [5.74, 6) is 0.602. The number of H-pyrrole nitrogens is 1. The highest BCUT2D eigenvalue weighted by Crippen LogP contribution is 2.19. The first-order valence-corrected chi connectivity index (χ1v) is 9.55. The second-order valence-electron chi connectivity index (χ2n) is 6.11. The maximum atomic E-state index is 12.6. The van der Waals surface area contributed by atoms with Crippen LogP contribution in [0.25, 0.3) is 11.4 Å². The van der Waals surface area contributed by atoms with E-state index in [0.717, 1.165) is 47.1 Å². The van der Waals surface area contributed by atoms with Gasteiger partial charge in [0.1, 0.15) is 5.82 Å². The Hall–Kier alpha value is -2.58. The fourth-order valence-electron chi connectivity index (χ4n) is 3.05. The summed E-state index contributed by atoms with van der Waals surface area (Å²) in [6.45, 7) is 2.15. The van der Waals surface area contributed by atoms with E-state index in [9.17, 15) is 4.79 Å². The SMILES string of the molecule is CSc1ncc(CN2CCc3nc(-c4ccncc4)[nH]c(=O)c3C2)cn1. The van der Waals surface area contributed by atoms with E-state index in [1.807, 2.05) is 30.8 Å². The number of hydrogen-bond donors (Lipinski definition) is 1. The Labute approximate surface area is 155 Å². The largest absolute Gasteiger partial charge is 0.306 e. The first-order valence-electron chi connectivity index (χ1n) is 8.32. The van der Waals surface area contributed by atoms with Gasteiger partial charge >= 0.3 is 0 Å². The lowest BCUT2D eigenvalue weighted by Crippen LogP contribution is -2.35. The summed E-state index contributed by atoms with van der Waals surface area (Å²) in [4.78, 5) is 35.0. The van der Waals surface area contributed by atoms with E-state index in [1.165, 1.54) is 11.8 Å². The lowest BCUT2D eigenvalue weighted by molar-refractivity contribution is 0.241. The summed E-state index contributed by atoms with van der Waals surface area (Å²) in [5, 5.41) is 0.766. The number of aromatic nitrogens is 5. The quantitative estimate of drug-likeness (QED) is 0.557. The number of thioether (sulfide) groups is 1. The van der Waals surface area contributed by atoms with Crippen LogP contribution in [0.15, 0.2) is 46.9 Å². The van der Waals surface area contributed by atoms with Gasteiger partial charge in [-0.15, -0.1) is 0 Å². The number of aromatic amines is 1. The highest BCUT2D eigenvalue weighted by molar-refractivity contribution is 7.98. The van der Waals surface area contributed by atoms with E-state index in [1.54, 1.807) is 12.4 Å². The van der Waals surface area contributed by atoms with Crippen molar-refractivity contribution in [3.05, 3.63) is 64.1 Å². The van der Waals surface area contributed by atoms with Crippen molar-refractivity contribution in [1.29, 1.82) is 0 Å². The Morgan fingerprint density at radius 1 is 1.23 bits per heavy atom. The zero-order chi connectivity index (χ0) is 17.9. The van der Waals surface area contributed by atoms with Crippen LogP contribution in [0.4, 0.5) is 0 Å². The normalized spacial score (nSPS) is 14.2. The van der Waals surface area contributed by atoms with E-state index >= 15 is 0 Å². The van der Waals surface area contributed by atoms with E-state index in [2.05, 4.69) is 29.8 Å². The number of rotatable bonds is 4. The molecule has 4 rings (SSSR count). The van der Waals surface area contributed by atoms with Crippen molar-refractivity contribution in [2.45, 2.75) is 24.7 Å². The van der Waals surface area contributed by atoms with Gasteiger partial charge in [0.25, 0.3) is 5.56 Å². The zero-order valence-electron chi connectivity index (χ0n) is 14.3. The minimum atomic E-state index is -0.0690. The molecule has 0 amide bonds. The zero-order valence-corrected chi connectivity index (χ0v) is 15.2. The van der Waals surface area contributed by atoms with Crippen LogP contribution in [0.5, 0.6) is 0 Å². The van der Waals surface area contributed by atoms with Gasteiger partial charge in [-0.1, -0.05) is 11.8 Å². The fourth-order valence-corrected chi connectivity index (χ4v) is 3.37. The third-order valence-electron chi connectivity index (χ3n) is 4.37. The molecule has 7 nitrogen and oxygen atoms in total. The van der Waals surface area contributed by atoms with Crippen LogP contribution < -0.4 is 5.56 Å². The van der Waals surface area contributed by atoms with Crippen LogP contribution in [-0.4, -0.2) is 42.6 Å². The number of pyridine rings is 1. The monoisotopic (exact) mass is 366 g/mol. The van der Waals surface area contributed by atoms with Crippen molar-refractivity contribution in [3.63, 3.8) is 0 Å². The molecule has 0 saturated carbocycles. The number of nitrogens with one attached hydrogen (secondary N) is 1. The van der Waals surface area contributed by atoms with Gasteiger partial charge in [0.2, 0.25) is 0 Å². The molecule has 1 aliphatic heterocycles. The van der Waals surface area contributed by atoms with Crippen LogP contribution in [0.1, 0.15) is 16.8 Å². The average molecular weight is 366 g/mol. The van der Waals surface area contributed by atoms with Gasteiger partial charge in [-0.3, -0.25) is 14.7 Å². The Morgan fingerprint density at radius 3 is 2.73 bits per heavy atom.